The van der Waals surface area contributed by atoms with E-state index < -0.39 is 4.92 Å². The van der Waals surface area contributed by atoms with Crippen molar-refractivity contribution in [2.75, 3.05) is 0 Å². The average Bonchev–Trinajstić information content (AvgIpc) is 2.81. The Morgan fingerprint density at radius 2 is 2.21 bits per heavy atom. The summed E-state index contributed by atoms with van der Waals surface area (Å²) in [6.07, 6.45) is 2.73. The van der Waals surface area contributed by atoms with Gasteiger partial charge < -0.3 is 4.57 Å². The van der Waals surface area contributed by atoms with Crippen LogP contribution in [-0.4, -0.2) is 15.4 Å². The second-order valence-electron chi connectivity index (χ2n) is 4.15. The number of nitrogens with zero attached hydrogens (tertiary/aromatic N) is 2. The third-order valence-electron chi connectivity index (χ3n) is 2.95. The molecule has 1 heterocycles. The first kappa shape index (κ1) is 13.0. The van der Waals surface area contributed by atoms with E-state index in [4.69, 9.17) is 5.84 Å². The molecule has 0 saturated heterocycles. The summed E-state index contributed by atoms with van der Waals surface area (Å²) in [6.45, 7) is 0.609. The van der Waals surface area contributed by atoms with Gasteiger partial charge in [-0.2, -0.15) is 0 Å². The van der Waals surface area contributed by atoms with Gasteiger partial charge in [-0.1, -0.05) is 6.07 Å². The quantitative estimate of drug-likeness (QED) is 0.367. The number of nitrogens with one attached hydrogen (secondary N) is 1. The van der Waals surface area contributed by atoms with Crippen LogP contribution < -0.4 is 11.3 Å². The van der Waals surface area contributed by atoms with Gasteiger partial charge in [-0.3, -0.25) is 20.3 Å². The van der Waals surface area contributed by atoms with Crippen LogP contribution in [0.4, 0.5) is 5.69 Å². The molecule has 0 atom stereocenters. The summed E-state index contributed by atoms with van der Waals surface area (Å²) in [5.74, 6) is 4.77. The minimum absolute atomic E-state index is 0.0935. The number of carbonyl (C=O) groups excluding carboxylic acids is 1. The third-order valence-corrected chi connectivity index (χ3v) is 2.95. The number of amides is 1. The number of aromatic nitrogens is 1. The van der Waals surface area contributed by atoms with E-state index in [2.05, 4.69) is 5.43 Å². The number of rotatable bonds is 5. The lowest BCUT2D eigenvalue weighted by molar-refractivity contribution is -0.383. The topological polar surface area (TPSA) is 103 Å². The van der Waals surface area contributed by atoms with Crippen LogP contribution in [0.2, 0.25) is 0 Å². The monoisotopic (exact) mass is 262 g/mol. The molecule has 1 amide bonds. The molecule has 0 radical (unpaired) electrons. The Bertz CT molecular complexity index is 620. The van der Waals surface area contributed by atoms with Gasteiger partial charge in [0.2, 0.25) is 5.91 Å². The van der Waals surface area contributed by atoms with Crippen LogP contribution in [0.25, 0.3) is 10.9 Å². The molecule has 3 N–H and O–H groups in total. The van der Waals surface area contributed by atoms with Crippen LogP contribution in [0.15, 0.2) is 30.5 Å². The molecule has 0 unspecified atom stereocenters. The minimum Gasteiger partial charge on any atom is -0.347 e. The van der Waals surface area contributed by atoms with E-state index in [9.17, 15) is 14.9 Å². The number of benzene rings is 1. The number of nitro benzene ring substituents is 1. The van der Waals surface area contributed by atoms with Gasteiger partial charge >= 0.3 is 0 Å². The zero-order valence-corrected chi connectivity index (χ0v) is 10.2. The van der Waals surface area contributed by atoms with Crippen molar-refractivity contribution in [3.8, 4) is 0 Å². The largest absolute Gasteiger partial charge is 0.347 e. The van der Waals surface area contributed by atoms with Gasteiger partial charge in [0.15, 0.2) is 0 Å². The normalized spacial score (nSPS) is 10.6. The highest BCUT2D eigenvalue weighted by atomic mass is 16.6. The molecule has 7 nitrogen and oxygen atoms in total. The third kappa shape index (κ3) is 2.71. The highest BCUT2D eigenvalue weighted by molar-refractivity contribution is 5.89. The number of nitrogens with two attached hydrogens (primary N) is 1. The molecule has 0 aliphatic heterocycles. The van der Waals surface area contributed by atoms with Crippen LogP contribution in [0.5, 0.6) is 0 Å². The zero-order chi connectivity index (χ0) is 13.8. The second-order valence-corrected chi connectivity index (χ2v) is 4.15. The molecular formula is C12H14N4O3. The molecule has 0 spiro atoms. The zero-order valence-electron chi connectivity index (χ0n) is 10.2. The summed E-state index contributed by atoms with van der Waals surface area (Å²) in [5.41, 5.74) is 2.96. The van der Waals surface area contributed by atoms with Crippen molar-refractivity contribution < 1.29 is 9.72 Å². The molecule has 0 aliphatic carbocycles. The van der Waals surface area contributed by atoms with Crippen LogP contribution in [-0.2, 0) is 11.3 Å². The number of hydrazine groups is 1. The maximum Gasteiger partial charge on any atom is 0.278 e. The summed E-state index contributed by atoms with van der Waals surface area (Å²) >= 11 is 0. The maximum absolute atomic E-state index is 11.0. The molecule has 1 aromatic heterocycles. The van der Waals surface area contributed by atoms with Crippen LogP contribution in [0, 0.1) is 10.1 Å². The van der Waals surface area contributed by atoms with Gasteiger partial charge in [0.1, 0.15) is 0 Å². The van der Waals surface area contributed by atoms with Crippen molar-refractivity contribution in [2.45, 2.75) is 19.4 Å². The molecule has 100 valence electrons. The average molecular weight is 262 g/mol. The number of non-ortho nitro benzene ring substituents is 1. The fourth-order valence-corrected chi connectivity index (χ4v) is 2.04. The first-order valence-electron chi connectivity index (χ1n) is 5.85. The van der Waals surface area contributed by atoms with E-state index in [-0.39, 0.29) is 11.6 Å². The van der Waals surface area contributed by atoms with Crippen molar-refractivity contribution in [2.24, 2.45) is 5.84 Å². The van der Waals surface area contributed by atoms with Gasteiger partial charge in [-0.15, -0.1) is 0 Å². The van der Waals surface area contributed by atoms with Crippen LogP contribution in [0.1, 0.15) is 12.8 Å². The van der Waals surface area contributed by atoms with Gasteiger partial charge in [0.25, 0.3) is 5.69 Å². The smallest absolute Gasteiger partial charge is 0.278 e. The number of hydrogen-bond donors (Lipinski definition) is 2. The Labute approximate surface area is 109 Å². The molecule has 0 bridgehead atoms. The Kier molecular flexibility index (Phi) is 3.76. The summed E-state index contributed by atoms with van der Waals surface area (Å²) in [6, 6.07) is 6.68. The SMILES string of the molecule is NNC(=O)CCCn1ccc2c([N+](=O)[O-])cccc21. The van der Waals surface area contributed by atoms with E-state index >= 15 is 0 Å². The fraction of sp³-hybridized carbons (Fsp3) is 0.250. The lowest BCUT2D eigenvalue weighted by Crippen LogP contribution is -2.29. The van der Waals surface area contributed by atoms with Gasteiger partial charge in [-0.05, 0) is 18.6 Å². The van der Waals surface area contributed by atoms with Gasteiger partial charge in [0.05, 0.1) is 15.8 Å². The molecular weight excluding hydrogens is 248 g/mol. The Morgan fingerprint density at radius 1 is 1.42 bits per heavy atom. The molecule has 0 saturated carbocycles. The van der Waals surface area contributed by atoms with E-state index in [1.165, 1.54) is 6.07 Å². The fourth-order valence-electron chi connectivity index (χ4n) is 2.04. The number of carbonyl (C=O) groups is 1. The molecule has 19 heavy (non-hydrogen) atoms. The standard InChI is InChI=1S/C12H14N4O3/c13-14-12(17)5-2-7-15-8-6-9-10(15)3-1-4-11(9)16(18)19/h1,3-4,6,8H,2,5,7,13H2,(H,14,17). The van der Waals surface area contributed by atoms with E-state index in [1.807, 2.05) is 10.6 Å². The highest BCUT2D eigenvalue weighted by Crippen LogP contribution is 2.26. The predicted octanol–water partition coefficient (Wildman–Crippen LogP) is 1.32. The number of hydrogen-bond acceptors (Lipinski definition) is 4. The summed E-state index contributed by atoms with van der Waals surface area (Å²) in [7, 11) is 0. The van der Waals surface area contributed by atoms with Gasteiger partial charge in [0, 0.05) is 25.2 Å². The van der Waals surface area contributed by atoms with E-state index in [1.54, 1.807) is 18.3 Å². The second kappa shape index (κ2) is 5.49. The molecule has 2 aromatic rings. The Morgan fingerprint density at radius 3 is 2.89 bits per heavy atom. The van der Waals surface area contributed by atoms with E-state index in [0.29, 0.717) is 24.8 Å². The van der Waals surface area contributed by atoms with Crippen molar-refractivity contribution >= 4 is 22.5 Å². The molecule has 1 aromatic carbocycles. The first-order valence-corrected chi connectivity index (χ1v) is 5.85. The summed E-state index contributed by atoms with van der Waals surface area (Å²) < 4.78 is 1.89. The Hall–Kier alpha value is -2.41. The van der Waals surface area contributed by atoms with Crippen LogP contribution in [0.3, 0.4) is 0 Å². The molecule has 0 aliphatic rings. The van der Waals surface area contributed by atoms with Crippen molar-refractivity contribution in [1.29, 1.82) is 0 Å². The minimum atomic E-state index is -0.394. The maximum atomic E-state index is 11.0. The predicted molar refractivity (Wildman–Crippen MR) is 70.2 cm³/mol. The van der Waals surface area contributed by atoms with E-state index in [0.717, 1.165) is 5.52 Å². The van der Waals surface area contributed by atoms with Crippen molar-refractivity contribution in [3.05, 3.63) is 40.6 Å². The molecule has 0 fully saturated rings. The van der Waals surface area contributed by atoms with Crippen molar-refractivity contribution in [3.63, 3.8) is 0 Å². The number of nitro groups is 1. The number of aryl methyl sites for hydroxylation is 1. The molecule has 2 rings (SSSR count). The lowest BCUT2D eigenvalue weighted by atomic mass is 10.2. The summed E-state index contributed by atoms with van der Waals surface area (Å²) in [5, 5.41) is 11.5. The lowest BCUT2D eigenvalue weighted by Gasteiger charge is -2.04. The van der Waals surface area contributed by atoms with Crippen LogP contribution >= 0.6 is 0 Å². The van der Waals surface area contributed by atoms with Crippen molar-refractivity contribution in [1.82, 2.24) is 9.99 Å². The van der Waals surface area contributed by atoms with Gasteiger partial charge in [-0.25, -0.2) is 5.84 Å². The Balaban J connectivity index is 2.19. The highest BCUT2D eigenvalue weighted by Gasteiger charge is 2.13. The molecule has 7 heteroatoms. The number of fused-ring (bicyclic) bond motifs is 1. The summed E-state index contributed by atoms with van der Waals surface area (Å²) in [4.78, 5) is 21.5. The first-order chi connectivity index (χ1) is 9.13.